The number of hydrogen-bond acceptors (Lipinski definition) is 11. The summed E-state index contributed by atoms with van der Waals surface area (Å²) in [5, 5.41) is 18.4. The number of aromatic nitrogens is 4. The molecular weight excluding hydrogens is 613 g/mol. The number of methoxy groups -OCH3 is 1. The molecule has 4 N–H and O–H groups in total. The number of anilines is 1. The SMILES string of the molecule is CCCCC(OP(=O)(NCc1ccccc1)OC[C@H]1OC(n2cnc3c(OC)nc(N)nc32)[C@](C)(N=[N+]=[N-])[C@@H]1O)c1ccccc1. The summed E-state index contributed by atoms with van der Waals surface area (Å²) < 4.78 is 39.8. The zero-order valence-corrected chi connectivity index (χ0v) is 26.7. The number of ether oxygens (including phenoxy) is 2. The van der Waals surface area contributed by atoms with Crippen LogP contribution in [0.5, 0.6) is 5.88 Å². The Hall–Kier alpha value is -4.07. The van der Waals surface area contributed by atoms with E-state index in [4.69, 9.17) is 24.3 Å². The largest absolute Gasteiger partial charge is 0.479 e. The van der Waals surface area contributed by atoms with Crippen LogP contribution < -0.4 is 15.6 Å². The van der Waals surface area contributed by atoms with E-state index in [2.05, 4.69) is 37.0 Å². The maximum atomic E-state index is 14.4. The van der Waals surface area contributed by atoms with Crippen LogP contribution in [-0.2, 0) is 24.9 Å². The average Bonchev–Trinajstić information content (AvgIpc) is 3.59. The van der Waals surface area contributed by atoms with E-state index in [1.54, 1.807) is 0 Å². The van der Waals surface area contributed by atoms with Crippen LogP contribution in [0, 0.1) is 0 Å². The van der Waals surface area contributed by atoms with Crippen LogP contribution in [-0.4, -0.2) is 56.1 Å². The molecule has 3 heterocycles. The predicted octanol–water partition coefficient (Wildman–Crippen LogP) is 5.61. The second-order valence-electron chi connectivity index (χ2n) is 11.1. The Labute approximate surface area is 266 Å². The fourth-order valence-electron chi connectivity index (χ4n) is 5.38. The minimum absolute atomic E-state index is 0.0753. The van der Waals surface area contributed by atoms with Gasteiger partial charge in [-0.05, 0) is 30.0 Å². The minimum Gasteiger partial charge on any atom is -0.479 e. The summed E-state index contributed by atoms with van der Waals surface area (Å²) in [5.74, 6) is 0.0671. The smallest absolute Gasteiger partial charge is 0.406 e. The Balaban J connectivity index is 1.43. The maximum absolute atomic E-state index is 14.4. The van der Waals surface area contributed by atoms with Gasteiger partial charge in [0, 0.05) is 11.5 Å². The van der Waals surface area contributed by atoms with Crippen LogP contribution in [0.1, 0.15) is 56.6 Å². The van der Waals surface area contributed by atoms with E-state index >= 15 is 0 Å². The Morgan fingerprint density at radius 2 is 1.93 bits per heavy atom. The molecule has 3 unspecified atom stereocenters. The molecule has 0 aliphatic carbocycles. The Bertz CT molecular complexity index is 1710. The third kappa shape index (κ3) is 7.16. The molecule has 46 heavy (non-hydrogen) atoms. The van der Waals surface area contributed by atoms with Crippen LogP contribution in [0.15, 0.2) is 72.1 Å². The van der Waals surface area contributed by atoms with Crippen molar-refractivity contribution in [2.45, 2.75) is 69.7 Å². The molecule has 1 aliphatic rings. The van der Waals surface area contributed by atoms with Gasteiger partial charge < -0.3 is 20.3 Å². The molecule has 5 rings (SSSR count). The number of hydrogen-bond donors (Lipinski definition) is 3. The average molecular weight is 652 g/mol. The fourth-order valence-corrected chi connectivity index (χ4v) is 6.89. The number of nitrogens with zero attached hydrogens (tertiary/aromatic N) is 7. The highest BCUT2D eigenvalue weighted by Gasteiger charge is 2.55. The van der Waals surface area contributed by atoms with E-state index < -0.39 is 37.8 Å². The third-order valence-electron chi connectivity index (χ3n) is 7.85. The molecule has 15 nitrogen and oxygen atoms in total. The summed E-state index contributed by atoms with van der Waals surface area (Å²) in [7, 11) is -2.62. The standard InChI is InChI=1S/C30H38N9O6P/c1-4-5-16-22(21-14-10-7-11-15-21)45-46(41,34-17-20-12-8-6-9-13-20)43-18-23-25(40)30(2,37-38-32)28(44-23)39-19-33-24-26(39)35-29(31)36-27(24)42-3/h6-15,19,22-23,25,28,40H,4-5,16-18H2,1-3H3,(H,34,41)(H2,31,35,36)/t22?,23-,25-,28?,30-,46?/m1/s1. The van der Waals surface area contributed by atoms with Gasteiger partial charge in [-0.2, -0.15) is 9.97 Å². The van der Waals surface area contributed by atoms with Gasteiger partial charge >= 0.3 is 7.75 Å². The molecule has 16 heteroatoms. The molecule has 0 spiro atoms. The van der Waals surface area contributed by atoms with Crippen LogP contribution in [0.3, 0.4) is 0 Å². The molecule has 1 saturated heterocycles. The van der Waals surface area contributed by atoms with Crippen LogP contribution in [0.4, 0.5) is 5.95 Å². The van der Waals surface area contributed by atoms with Gasteiger partial charge in [-0.3, -0.25) is 13.6 Å². The number of imidazole rings is 1. The molecule has 2 aromatic heterocycles. The molecule has 244 valence electrons. The van der Waals surface area contributed by atoms with E-state index in [-0.39, 0.29) is 30.6 Å². The van der Waals surface area contributed by atoms with E-state index in [1.165, 1.54) is 24.9 Å². The maximum Gasteiger partial charge on any atom is 0.406 e. The number of nitrogen functional groups attached to an aromatic ring is 1. The lowest BCUT2D eigenvalue weighted by atomic mass is 9.93. The highest BCUT2D eigenvalue weighted by Crippen LogP contribution is 2.51. The summed E-state index contributed by atoms with van der Waals surface area (Å²) in [6.07, 6.45) is -0.337. The van der Waals surface area contributed by atoms with Crippen molar-refractivity contribution in [3.05, 3.63) is 88.6 Å². The molecule has 2 aromatic carbocycles. The van der Waals surface area contributed by atoms with Gasteiger partial charge in [0.2, 0.25) is 11.8 Å². The van der Waals surface area contributed by atoms with Crippen molar-refractivity contribution in [2.24, 2.45) is 5.11 Å². The first-order valence-corrected chi connectivity index (χ1v) is 16.5. The van der Waals surface area contributed by atoms with E-state index in [1.807, 2.05) is 60.7 Å². The number of fused-ring (bicyclic) bond motifs is 1. The van der Waals surface area contributed by atoms with Gasteiger partial charge in [-0.25, -0.2) is 14.6 Å². The van der Waals surface area contributed by atoms with Crippen LogP contribution >= 0.6 is 7.75 Å². The second-order valence-corrected chi connectivity index (χ2v) is 12.8. The van der Waals surface area contributed by atoms with Crippen LogP contribution in [0.25, 0.3) is 21.6 Å². The normalized spacial score (nSPS) is 23.1. The van der Waals surface area contributed by atoms with Gasteiger partial charge in [0.25, 0.3) is 0 Å². The quantitative estimate of drug-likeness (QED) is 0.0624. The third-order valence-corrected chi connectivity index (χ3v) is 9.42. The first kappa shape index (κ1) is 33.3. The van der Waals surface area contributed by atoms with Crippen molar-refractivity contribution in [1.29, 1.82) is 0 Å². The lowest BCUT2D eigenvalue weighted by molar-refractivity contribution is -0.0447. The Morgan fingerprint density at radius 1 is 1.22 bits per heavy atom. The van der Waals surface area contributed by atoms with Gasteiger partial charge in [0.15, 0.2) is 17.4 Å². The Morgan fingerprint density at radius 3 is 2.61 bits per heavy atom. The first-order valence-electron chi connectivity index (χ1n) is 14.9. The summed E-state index contributed by atoms with van der Waals surface area (Å²) in [4.78, 5) is 15.6. The van der Waals surface area contributed by atoms with Crippen molar-refractivity contribution in [3.63, 3.8) is 0 Å². The molecule has 0 saturated carbocycles. The van der Waals surface area contributed by atoms with Crippen molar-refractivity contribution in [3.8, 4) is 5.88 Å². The highest BCUT2D eigenvalue weighted by molar-refractivity contribution is 7.51. The second kappa shape index (κ2) is 14.6. The number of aliphatic hydroxyl groups excluding tert-OH is 1. The molecule has 1 fully saturated rings. The van der Waals surface area contributed by atoms with Crippen molar-refractivity contribution in [1.82, 2.24) is 24.6 Å². The van der Waals surface area contributed by atoms with E-state index in [0.717, 1.165) is 24.0 Å². The van der Waals surface area contributed by atoms with Crippen molar-refractivity contribution in [2.75, 3.05) is 19.5 Å². The number of azide groups is 1. The summed E-state index contributed by atoms with van der Waals surface area (Å²) in [6.45, 7) is 3.44. The Kier molecular flexibility index (Phi) is 10.5. The monoisotopic (exact) mass is 651 g/mol. The lowest BCUT2D eigenvalue weighted by Gasteiger charge is -2.28. The zero-order chi connectivity index (χ0) is 32.7. The number of nitrogens with one attached hydrogen (secondary N) is 1. The van der Waals surface area contributed by atoms with Gasteiger partial charge in [-0.1, -0.05) is 85.5 Å². The van der Waals surface area contributed by atoms with Crippen molar-refractivity contribution < 1.29 is 28.2 Å². The molecule has 6 atom stereocenters. The lowest BCUT2D eigenvalue weighted by Crippen LogP contribution is -2.42. The summed E-state index contributed by atoms with van der Waals surface area (Å²) in [6, 6.07) is 19.0. The summed E-state index contributed by atoms with van der Waals surface area (Å²) in [5.41, 5.74) is 16.1. The number of benzene rings is 2. The molecule has 4 aromatic rings. The minimum atomic E-state index is -4.04. The molecule has 0 amide bonds. The zero-order valence-electron chi connectivity index (χ0n) is 25.8. The van der Waals surface area contributed by atoms with Gasteiger partial charge in [-0.15, -0.1) is 0 Å². The number of rotatable bonds is 15. The number of nitrogens with two attached hydrogens (primary N) is 1. The topological polar surface area (TPSA) is 205 Å². The fraction of sp³-hybridized carbons (Fsp3) is 0.433. The molecule has 0 bridgehead atoms. The molecule has 0 radical (unpaired) electrons. The van der Waals surface area contributed by atoms with Gasteiger partial charge in [0.05, 0.1) is 32.3 Å². The molecular formula is C30H38N9O6P. The first-order chi connectivity index (χ1) is 22.2. The molecule has 1 aliphatic heterocycles. The van der Waals surface area contributed by atoms with Gasteiger partial charge in [0.1, 0.15) is 11.6 Å². The van der Waals surface area contributed by atoms with E-state index in [0.29, 0.717) is 11.9 Å². The van der Waals surface area contributed by atoms with Crippen LogP contribution in [0.2, 0.25) is 0 Å². The number of unbranched alkanes of at least 4 members (excludes halogenated alkanes) is 1. The number of aliphatic hydroxyl groups is 1. The summed E-state index contributed by atoms with van der Waals surface area (Å²) >= 11 is 0. The highest BCUT2D eigenvalue weighted by atomic mass is 31.2. The van der Waals surface area contributed by atoms with E-state index in [9.17, 15) is 15.2 Å². The van der Waals surface area contributed by atoms with Crippen molar-refractivity contribution >= 4 is 24.9 Å². The predicted molar refractivity (Wildman–Crippen MR) is 170 cm³/mol.